The van der Waals surface area contributed by atoms with Crippen LogP contribution in [-0.4, -0.2) is 47.1 Å². The predicted octanol–water partition coefficient (Wildman–Crippen LogP) is 6.88. The topological polar surface area (TPSA) is 125 Å². The van der Waals surface area contributed by atoms with Gasteiger partial charge < -0.3 is 31.1 Å². The van der Waals surface area contributed by atoms with E-state index in [1.165, 1.54) is 49.4 Å². The number of benzene rings is 4. The number of thioether (sulfide) groups is 1. The first-order chi connectivity index (χ1) is 21.3. The van der Waals surface area contributed by atoms with Crippen LogP contribution < -0.4 is 15.8 Å². The second-order valence-electron chi connectivity index (χ2n) is 11.3. The molecule has 8 heteroatoms. The maximum absolute atomic E-state index is 11.5. The molecule has 7 nitrogen and oxygen atoms in total. The average Bonchev–Trinajstić information content (AvgIpc) is 3.06. The Morgan fingerprint density at radius 3 is 2.43 bits per heavy atom. The lowest BCUT2D eigenvalue weighted by atomic mass is 9.81. The van der Waals surface area contributed by atoms with E-state index < -0.39 is 17.3 Å². The molecule has 3 atom stereocenters. The van der Waals surface area contributed by atoms with Crippen molar-refractivity contribution in [1.29, 1.82) is 0 Å². The molecule has 6 rings (SSSR count). The number of nitrogens with two attached hydrogens (primary N) is 1. The monoisotopic (exact) mass is 612 g/mol. The fraction of sp³-hybridized carbons (Fsp3) is 0.306. The molecule has 44 heavy (non-hydrogen) atoms. The molecule has 4 aromatic carbocycles. The third-order valence-electron chi connectivity index (χ3n) is 8.38. The summed E-state index contributed by atoms with van der Waals surface area (Å²) in [6.45, 7) is 1.13. The minimum absolute atomic E-state index is 0.355. The van der Waals surface area contributed by atoms with Gasteiger partial charge in [0.15, 0.2) is 6.10 Å². The number of carboxylic acids is 1. The largest absolute Gasteiger partial charge is 0.508 e. The number of aliphatic carboxylic acids is 1. The molecule has 0 saturated carbocycles. The number of nitrogens with one attached hydrogen (secondary N) is 1. The van der Waals surface area contributed by atoms with Crippen molar-refractivity contribution in [3.8, 4) is 11.5 Å². The minimum Gasteiger partial charge on any atom is -0.508 e. The summed E-state index contributed by atoms with van der Waals surface area (Å²) in [5.74, 6) is -0.267. The first-order valence-electron chi connectivity index (χ1n) is 15.0. The number of rotatable bonds is 8. The molecule has 1 heterocycles. The first kappa shape index (κ1) is 31.4. The Morgan fingerprint density at radius 2 is 1.70 bits per heavy atom. The Morgan fingerprint density at radius 1 is 0.977 bits per heavy atom. The smallest absolute Gasteiger partial charge is 0.334 e. The molecule has 0 radical (unpaired) electrons. The van der Waals surface area contributed by atoms with Gasteiger partial charge in [0.05, 0.1) is 12.4 Å². The number of phenols is 1. The molecule has 6 N–H and O–H groups in total. The molecule has 1 aliphatic carbocycles. The van der Waals surface area contributed by atoms with Crippen molar-refractivity contribution >= 4 is 34.2 Å². The van der Waals surface area contributed by atoms with Gasteiger partial charge in [0, 0.05) is 16.6 Å². The summed E-state index contributed by atoms with van der Waals surface area (Å²) >= 11 is 1.25. The molecular formula is C36H40N2O5S. The normalized spacial score (nSPS) is 17.6. The summed E-state index contributed by atoms with van der Waals surface area (Å²) in [5.41, 5.74) is 12.1. The minimum atomic E-state index is -1.58. The summed E-state index contributed by atoms with van der Waals surface area (Å²) < 4.78 is 5.15. The van der Waals surface area contributed by atoms with Crippen LogP contribution in [0.1, 0.15) is 48.5 Å². The van der Waals surface area contributed by atoms with E-state index in [9.17, 15) is 20.1 Å². The van der Waals surface area contributed by atoms with Crippen molar-refractivity contribution in [2.24, 2.45) is 0 Å². The van der Waals surface area contributed by atoms with E-state index in [0.717, 1.165) is 28.6 Å². The summed E-state index contributed by atoms with van der Waals surface area (Å²) in [7, 11) is 1.56. The zero-order valence-electron chi connectivity index (χ0n) is 24.9. The number of carboxylic acid groups (broad SMARTS) is 1. The molecule has 0 aromatic heterocycles. The maximum Gasteiger partial charge on any atom is 0.334 e. The van der Waals surface area contributed by atoms with E-state index in [1.807, 2.05) is 42.5 Å². The van der Waals surface area contributed by atoms with Gasteiger partial charge in [-0.2, -0.15) is 0 Å². The lowest BCUT2D eigenvalue weighted by Crippen LogP contribution is -2.39. The van der Waals surface area contributed by atoms with Crippen LogP contribution in [0.15, 0.2) is 101 Å². The van der Waals surface area contributed by atoms with Crippen LogP contribution in [0.3, 0.4) is 0 Å². The van der Waals surface area contributed by atoms with Gasteiger partial charge in [0.1, 0.15) is 11.5 Å². The van der Waals surface area contributed by atoms with Crippen molar-refractivity contribution in [3.05, 3.63) is 107 Å². The SMILES string of the molecule is COc1ccc(C(Sc2c(N)ccc3ccccc23)C(O)C(=O)O)cc1.Oc1ccc(CC2NCCC3=C2CCCC3)cc1. The fourth-order valence-corrected chi connectivity index (χ4v) is 7.35. The Labute approximate surface area is 262 Å². The fourth-order valence-electron chi connectivity index (χ4n) is 6.04. The van der Waals surface area contributed by atoms with Crippen LogP contribution in [0.4, 0.5) is 5.69 Å². The molecule has 0 bridgehead atoms. The number of carbonyl (C=O) groups is 1. The summed E-state index contributed by atoms with van der Waals surface area (Å²) in [6, 6.07) is 26.6. The van der Waals surface area contributed by atoms with Gasteiger partial charge in [0.25, 0.3) is 0 Å². The molecule has 230 valence electrons. The summed E-state index contributed by atoms with van der Waals surface area (Å²) in [4.78, 5) is 12.2. The number of methoxy groups -OCH3 is 1. The molecule has 2 aliphatic rings. The van der Waals surface area contributed by atoms with Gasteiger partial charge in [-0.3, -0.25) is 0 Å². The van der Waals surface area contributed by atoms with E-state index in [-0.39, 0.29) is 0 Å². The van der Waals surface area contributed by atoms with E-state index in [0.29, 0.717) is 28.8 Å². The zero-order chi connectivity index (χ0) is 31.1. The zero-order valence-corrected chi connectivity index (χ0v) is 25.7. The highest BCUT2D eigenvalue weighted by Gasteiger charge is 2.30. The highest BCUT2D eigenvalue weighted by atomic mass is 32.2. The van der Waals surface area contributed by atoms with Gasteiger partial charge in [-0.15, -0.1) is 11.8 Å². The number of ether oxygens (including phenoxy) is 1. The summed E-state index contributed by atoms with van der Waals surface area (Å²) in [5, 5.41) is 33.9. The van der Waals surface area contributed by atoms with Crippen molar-refractivity contribution < 1.29 is 24.9 Å². The van der Waals surface area contributed by atoms with Crippen molar-refractivity contribution in [3.63, 3.8) is 0 Å². The second kappa shape index (κ2) is 14.7. The molecule has 0 saturated heterocycles. The van der Waals surface area contributed by atoms with Crippen LogP contribution in [-0.2, 0) is 11.2 Å². The lowest BCUT2D eigenvalue weighted by molar-refractivity contribution is -0.146. The van der Waals surface area contributed by atoms with Crippen LogP contribution in [0.25, 0.3) is 10.8 Å². The van der Waals surface area contributed by atoms with Crippen LogP contribution in [0, 0.1) is 0 Å². The third kappa shape index (κ3) is 7.56. The number of nitrogen functional groups attached to an aromatic ring is 1. The highest BCUT2D eigenvalue weighted by Crippen LogP contribution is 2.44. The van der Waals surface area contributed by atoms with Crippen LogP contribution in [0.5, 0.6) is 11.5 Å². The van der Waals surface area contributed by atoms with Gasteiger partial charge in [-0.25, -0.2) is 4.79 Å². The summed E-state index contributed by atoms with van der Waals surface area (Å²) in [6.07, 6.45) is 6.07. The third-order valence-corrected chi connectivity index (χ3v) is 9.86. The molecular weight excluding hydrogens is 572 g/mol. The Kier molecular flexibility index (Phi) is 10.5. The number of phenolic OH excluding ortho intramolecular Hbond substituents is 1. The van der Waals surface area contributed by atoms with E-state index in [4.69, 9.17) is 10.5 Å². The second-order valence-corrected chi connectivity index (χ2v) is 12.4. The highest BCUT2D eigenvalue weighted by molar-refractivity contribution is 8.00. The van der Waals surface area contributed by atoms with Crippen molar-refractivity contribution in [2.75, 3.05) is 19.4 Å². The Hall–Kier alpha value is -3.98. The van der Waals surface area contributed by atoms with Gasteiger partial charge in [-0.05, 0) is 97.3 Å². The molecule has 3 unspecified atom stereocenters. The van der Waals surface area contributed by atoms with Gasteiger partial charge in [0.2, 0.25) is 0 Å². The standard InChI is InChI=1S/C20H19NO4S.C16H21NO/c1-25-14-9-6-13(7-10-14)18(17(22)20(23)24)26-19-15-5-3-2-4-12(15)8-11-16(19)21;18-14-7-5-12(6-8-14)11-16-15-4-2-1-3-13(15)9-10-17-16/h2-11,17-18,22H,21H2,1H3,(H,23,24);5-8,16-18H,1-4,9-11H2. The Balaban J connectivity index is 0.000000186. The van der Waals surface area contributed by atoms with Gasteiger partial charge >= 0.3 is 5.97 Å². The number of aliphatic hydroxyl groups is 1. The quantitative estimate of drug-likeness (QED) is 0.0829. The van der Waals surface area contributed by atoms with E-state index in [2.05, 4.69) is 5.32 Å². The van der Waals surface area contributed by atoms with Gasteiger partial charge in [-0.1, -0.05) is 65.7 Å². The lowest BCUT2D eigenvalue weighted by Gasteiger charge is -2.33. The first-order valence-corrected chi connectivity index (χ1v) is 15.9. The number of anilines is 1. The molecule has 0 spiro atoms. The Bertz CT molecular complexity index is 1600. The molecule has 0 amide bonds. The number of aromatic hydroxyl groups is 1. The molecule has 1 aliphatic heterocycles. The maximum atomic E-state index is 11.5. The number of hydrogen-bond donors (Lipinski definition) is 5. The average molecular weight is 613 g/mol. The molecule has 0 fully saturated rings. The van der Waals surface area contributed by atoms with Crippen molar-refractivity contribution in [1.82, 2.24) is 5.32 Å². The van der Waals surface area contributed by atoms with Crippen LogP contribution >= 0.6 is 11.8 Å². The predicted molar refractivity (Wildman–Crippen MR) is 177 cm³/mol. The van der Waals surface area contributed by atoms with Crippen molar-refractivity contribution in [2.45, 2.75) is 60.8 Å². The number of hydrogen-bond acceptors (Lipinski definition) is 7. The van der Waals surface area contributed by atoms with Crippen LogP contribution in [0.2, 0.25) is 0 Å². The number of fused-ring (bicyclic) bond motifs is 1. The van der Waals surface area contributed by atoms with E-state index >= 15 is 0 Å². The molecule has 4 aromatic rings. The van der Waals surface area contributed by atoms with E-state index in [1.54, 1.807) is 60.7 Å². The number of aliphatic hydroxyl groups excluding tert-OH is 1.